The van der Waals surface area contributed by atoms with Gasteiger partial charge < -0.3 is 14.7 Å². The highest BCUT2D eigenvalue weighted by atomic mass is 15.3. The molecule has 0 amide bonds. The van der Waals surface area contributed by atoms with E-state index in [1.54, 1.807) is 0 Å². The van der Waals surface area contributed by atoms with Crippen LogP contribution in [0.3, 0.4) is 0 Å². The van der Waals surface area contributed by atoms with Crippen LogP contribution in [0.4, 0.5) is 0 Å². The minimum Gasteiger partial charge on any atom is -0.372 e. The largest absolute Gasteiger partial charge is 0.372 e. The lowest BCUT2D eigenvalue weighted by molar-refractivity contribution is 0.0379. The van der Waals surface area contributed by atoms with Gasteiger partial charge in [0.1, 0.15) is 0 Å². The Labute approximate surface area is 164 Å². The second-order valence-corrected chi connectivity index (χ2v) is 8.52. The maximum Gasteiger partial charge on any atom is 0.0384 e. The summed E-state index contributed by atoms with van der Waals surface area (Å²) in [6.07, 6.45) is 2.69. The lowest BCUT2D eigenvalue weighted by Crippen LogP contribution is -2.58. The molecule has 2 heterocycles. The summed E-state index contributed by atoms with van der Waals surface area (Å²) in [5, 5.41) is 0. The van der Waals surface area contributed by atoms with Crippen LogP contribution in [0.25, 0.3) is 0 Å². The number of likely N-dealkylation sites (N-methyl/N-ethyl adjacent to an activating group) is 1. The molecule has 2 aliphatic rings. The molecular formula is C22H46N4. The van der Waals surface area contributed by atoms with Crippen LogP contribution >= 0.6 is 0 Å². The van der Waals surface area contributed by atoms with Crippen molar-refractivity contribution in [3.63, 3.8) is 0 Å². The lowest BCUT2D eigenvalue weighted by atomic mass is 10.0. The molecule has 2 fully saturated rings. The monoisotopic (exact) mass is 366 g/mol. The Kier molecular flexibility index (Phi) is 10.8. The van der Waals surface area contributed by atoms with Gasteiger partial charge in [0.05, 0.1) is 0 Å². The first-order valence-electron chi connectivity index (χ1n) is 11.0. The Morgan fingerprint density at radius 2 is 1.54 bits per heavy atom. The third kappa shape index (κ3) is 7.58. The van der Waals surface area contributed by atoms with Crippen LogP contribution in [-0.2, 0) is 0 Å². The van der Waals surface area contributed by atoms with E-state index >= 15 is 0 Å². The average Bonchev–Trinajstić information content (AvgIpc) is 2.60. The summed E-state index contributed by atoms with van der Waals surface area (Å²) < 4.78 is 0. The van der Waals surface area contributed by atoms with E-state index in [1.165, 1.54) is 38.2 Å². The molecule has 0 aromatic heterocycles. The molecule has 2 atom stereocenters. The van der Waals surface area contributed by atoms with Gasteiger partial charge in [0.25, 0.3) is 0 Å². The normalized spacial score (nSPS) is 25.9. The van der Waals surface area contributed by atoms with Crippen molar-refractivity contribution >= 4 is 0 Å². The molecule has 2 rings (SSSR count). The maximum atomic E-state index is 4.41. The van der Waals surface area contributed by atoms with E-state index < -0.39 is 0 Å². The second kappa shape index (κ2) is 12.0. The van der Waals surface area contributed by atoms with Crippen LogP contribution in [0.1, 0.15) is 54.4 Å². The van der Waals surface area contributed by atoms with E-state index in [4.69, 9.17) is 0 Å². The molecule has 0 N–H and O–H groups in total. The summed E-state index contributed by atoms with van der Waals surface area (Å²) in [7, 11) is 2.21. The van der Waals surface area contributed by atoms with E-state index in [-0.39, 0.29) is 0 Å². The quantitative estimate of drug-likeness (QED) is 0.682. The van der Waals surface area contributed by atoms with Gasteiger partial charge in [0.15, 0.2) is 0 Å². The van der Waals surface area contributed by atoms with Gasteiger partial charge in [-0.2, -0.15) is 0 Å². The Bertz CT molecular complexity index is 376. The van der Waals surface area contributed by atoms with Crippen molar-refractivity contribution in [1.82, 2.24) is 19.6 Å². The zero-order valence-corrected chi connectivity index (χ0v) is 18.8. The standard InChI is InChI=1S/C20H40N4.C2H6/c1-17(2)8-7-9-22-14-19(4)24(20(5)15-22)16-18(3)23-12-10-21(6)11-13-23;1-2/h17,19-20H,3,7-16H2,1-2,4-6H3;1-2H3. The highest BCUT2D eigenvalue weighted by Gasteiger charge is 2.30. The van der Waals surface area contributed by atoms with Gasteiger partial charge in [-0.05, 0) is 46.2 Å². The summed E-state index contributed by atoms with van der Waals surface area (Å²) in [4.78, 5) is 10.2. The highest BCUT2D eigenvalue weighted by Crippen LogP contribution is 2.19. The molecule has 2 unspecified atom stereocenters. The molecular weight excluding hydrogens is 320 g/mol. The van der Waals surface area contributed by atoms with Crippen LogP contribution in [0, 0.1) is 5.92 Å². The second-order valence-electron chi connectivity index (χ2n) is 8.52. The Hall–Kier alpha value is -0.580. The minimum absolute atomic E-state index is 0.622. The Morgan fingerprint density at radius 3 is 2.04 bits per heavy atom. The minimum atomic E-state index is 0.622. The van der Waals surface area contributed by atoms with Crippen molar-refractivity contribution in [2.75, 3.05) is 59.4 Å². The SMILES string of the molecule is C=C(CN1C(C)CN(CCCC(C)C)CC1C)N1CCN(C)CC1.CC. The molecule has 0 aromatic carbocycles. The summed E-state index contributed by atoms with van der Waals surface area (Å²) >= 11 is 0. The maximum absolute atomic E-state index is 4.41. The smallest absolute Gasteiger partial charge is 0.0384 e. The number of hydrogen-bond donors (Lipinski definition) is 0. The number of rotatable bonds is 7. The summed E-state index contributed by atoms with van der Waals surface area (Å²) in [6.45, 7) is 27.1. The van der Waals surface area contributed by atoms with Crippen molar-refractivity contribution < 1.29 is 0 Å². The summed E-state index contributed by atoms with van der Waals surface area (Å²) in [5.74, 6) is 0.827. The van der Waals surface area contributed by atoms with Gasteiger partial charge in [-0.15, -0.1) is 0 Å². The number of piperazine rings is 2. The molecule has 4 heteroatoms. The third-order valence-electron chi connectivity index (χ3n) is 5.75. The van der Waals surface area contributed by atoms with Crippen molar-refractivity contribution in [1.29, 1.82) is 0 Å². The molecule has 0 radical (unpaired) electrons. The molecule has 0 aromatic rings. The molecule has 26 heavy (non-hydrogen) atoms. The average molecular weight is 367 g/mol. The Balaban J connectivity index is 0.00000163. The van der Waals surface area contributed by atoms with E-state index in [0.717, 1.165) is 38.6 Å². The van der Waals surface area contributed by atoms with Gasteiger partial charge in [-0.3, -0.25) is 4.90 Å². The molecule has 2 aliphatic heterocycles. The molecule has 0 spiro atoms. The molecule has 154 valence electrons. The van der Waals surface area contributed by atoms with Crippen LogP contribution < -0.4 is 0 Å². The van der Waals surface area contributed by atoms with Crippen molar-refractivity contribution in [2.24, 2.45) is 5.92 Å². The van der Waals surface area contributed by atoms with E-state index in [2.05, 4.69) is 60.9 Å². The molecule has 2 saturated heterocycles. The zero-order valence-electron chi connectivity index (χ0n) is 18.8. The predicted molar refractivity (Wildman–Crippen MR) is 116 cm³/mol. The van der Waals surface area contributed by atoms with E-state index in [1.807, 2.05) is 13.8 Å². The first kappa shape index (κ1) is 23.5. The molecule has 4 nitrogen and oxygen atoms in total. The molecule has 0 aliphatic carbocycles. The predicted octanol–water partition coefficient (Wildman–Crippen LogP) is 3.60. The van der Waals surface area contributed by atoms with Crippen molar-refractivity contribution in [2.45, 2.75) is 66.5 Å². The van der Waals surface area contributed by atoms with Crippen LogP contribution in [0.15, 0.2) is 12.3 Å². The fraction of sp³-hybridized carbons (Fsp3) is 0.909. The topological polar surface area (TPSA) is 13.0 Å². The van der Waals surface area contributed by atoms with Gasteiger partial charge in [-0.1, -0.05) is 34.3 Å². The van der Waals surface area contributed by atoms with Gasteiger partial charge in [-0.25, -0.2) is 0 Å². The van der Waals surface area contributed by atoms with Crippen molar-refractivity contribution in [3.8, 4) is 0 Å². The summed E-state index contributed by atoms with van der Waals surface area (Å²) in [6, 6.07) is 1.24. The lowest BCUT2D eigenvalue weighted by Gasteiger charge is -2.46. The summed E-state index contributed by atoms with van der Waals surface area (Å²) in [5.41, 5.74) is 1.31. The van der Waals surface area contributed by atoms with Gasteiger partial charge in [0, 0.05) is 63.6 Å². The first-order valence-corrected chi connectivity index (χ1v) is 11.0. The van der Waals surface area contributed by atoms with Crippen LogP contribution in [-0.4, -0.2) is 91.1 Å². The number of hydrogen-bond acceptors (Lipinski definition) is 4. The van der Waals surface area contributed by atoms with E-state index in [9.17, 15) is 0 Å². The van der Waals surface area contributed by atoms with Crippen LogP contribution in [0.2, 0.25) is 0 Å². The van der Waals surface area contributed by atoms with Crippen LogP contribution in [0.5, 0.6) is 0 Å². The third-order valence-corrected chi connectivity index (χ3v) is 5.75. The Morgan fingerprint density at radius 1 is 1.00 bits per heavy atom. The molecule has 0 bridgehead atoms. The fourth-order valence-corrected chi connectivity index (χ4v) is 4.12. The number of nitrogens with zero attached hydrogens (tertiary/aromatic N) is 4. The van der Waals surface area contributed by atoms with Gasteiger partial charge >= 0.3 is 0 Å². The highest BCUT2D eigenvalue weighted by molar-refractivity contribution is 5.01. The first-order chi connectivity index (χ1) is 12.4. The van der Waals surface area contributed by atoms with E-state index in [0.29, 0.717) is 12.1 Å². The molecule has 0 saturated carbocycles. The fourth-order valence-electron chi connectivity index (χ4n) is 4.12. The zero-order chi connectivity index (χ0) is 19.7. The van der Waals surface area contributed by atoms with Gasteiger partial charge in [0.2, 0.25) is 0 Å². The van der Waals surface area contributed by atoms with Crippen molar-refractivity contribution in [3.05, 3.63) is 12.3 Å².